The van der Waals surface area contributed by atoms with E-state index in [1.54, 1.807) is 34.8 Å². The second-order valence-corrected chi connectivity index (χ2v) is 10.8. The zero-order valence-corrected chi connectivity index (χ0v) is 24.2. The van der Waals surface area contributed by atoms with Crippen molar-refractivity contribution in [2.24, 2.45) is 7.05 Å². The molecular formula is C31H35FN6O4. The zero-order chi connectivity index (χ0) is 30.1. The quantitative estimate of drug-likeness (QED) is 0.328. The Morgan fingerprint density at radius 1 is 1.19 bits per heavy atom. The lowest BCUT2D eigenvalue weighted by molar-refractivity contribution is -0.139. The molecule has 3 amide bonds. The molecule has 0 saturated carbocycles. The summed E-state index contributed by atoms with van der Waals surface area (Å²) in [5.41, 5.74) is 3.11. The number of halogens is 1. The van der Waals surface area contributed by atoms with E-state index in [4.69, 9.17) is 0 Å². The molecule has 0 spiro atoms. The van der Waals surface area contributed by atoms with Gasteiger partial charge in [0.1, 0.15) is 24.8 Å². The van der Waals surface area contributed by atoms with E-state index in [2.05, 4.69) is 10.4 Å². The van der Waals surface area contributed by atoms with Gasteiger partial charge < -0.3 is 14.8 Å². The minimum atomic E-state index is -1.36. The van der Waals surface area contributed by atoms with Gasteiger partial charge in [0.2, 0.25) is 11.8 Å². The molecule has 2 saturated heterocycles. The van der Waals surface area contributed by atoms with Crippen molar-refractivity contribution >= 4 is 45.8 Å². The van der Waals surface area contributed by atoms with E-state index in [9.17, 15) is 23.6 Å². The van der Waals surface area contributed by atoms with Crippen LogP contribution < -0.4 is 10.2 Å². The van der Waals surface area contributed by atoms with Gasteiger partial charge in [0.05, 0.1) is 6.54 Å². The van der Waals surface area contributed by atoms with Gasteiger partial charge in [-0.05, 0) is 50.5 Å². The Balaban J connectivity index is 1.33. The summed E-state index contributed by atoms with van der Waals surface area (Å²) in [6, 6.07) is 5.63. The van der Waals surface area contributed by atoms with Crippen LogP contribution in [0.1, 0.15) is 49.5 Å². The van der Waals surface area contributed by atoms with Crippen molar-refractivity contribution < 1.29 is 23.6 Å². The number of aromatic nitrogens is 3. The third kappa shape index (κ3) is 5.50. The number of benzene rings is 1. The maximum Gasteiger partial charge on any atom is 0.250 e. The van der Waals surface area contributed by atoms with Gasteiger partial charge in [-0.25, -0.2) is 4.39 Å². The predicted molar refractivity (Wildman–Crippen MR) is 158 cm³/mol. The van der Waals surface area contributed by atoms with Gasteiger partial charge in [-0.2, -0.15) is 5.10 Å². The van der Waals surface area contributed by atoms with Crippen LogP contribution in [0.3, 0.4) is 0 Å². The monoisotopic (exact) mass is 574 g/mol. The van der Waals surface area contributed by atoms with Crippen LogP contribution in [0.4, 0.5) is 10.2 Å². The number of rotatable bonds is 8. The number of ketones is 1. The summed E-state index contributed by atoms with van der Waals surface area (Å²) in [4.78, 5) is 55.0. The number of Topliss-reactive ketones (excluding diaryl/α,β-unsaturated/α-hetero) is 1. The van der Waals surface area contributed by atoms with E-state index in [0.29, 0.717) is 35.2 Å². The largest absolute Gasteiger partial charge is 0.342 e. The van der Waals surface area contributed by atoms with Gasteiger partial charge in [-0.1, -0.05) is 24.3 Å². The number of likely N-dealkylation sites (tertiary alicyclic amines) is 1. The Morgan fingerprint density at radius 2 is 1.98 bits per heavy atom. The van der Waals surface area contributed by atoms with E-state index in [1.165, 1.54) is 16.7 Å². The van der Waals surface area contributed by atoms with E-state index in [-0.39, 0.29) is 31.2 Å². The molecule has 0 aliphatic carbocycles. The van der Waals surface area contributed by atoms with Crippen LogP contribution in [0.2, 0.25) is 0 Å². The third-order valence-electron chi connectivity index (χ3n) is 7.93. The summed E-state index contributed by atoms with van der Waals surface area (Å²) in [7, 11) is 1.75. The molecule has 0 bridgehead atoms. The van der Waals surface area contributed by atoms with E-state index < -0.39 is 30.1 Å². The number of nitrogens with one attached hydrogen (secondary N) is 1. The zero-order valence-electron chi connectivity index (χ0n) is 24.2. The normalized spacial score (nSPS) is 21.2. The lowest BCUT2D eigenvalue weighted by Crippen LogP contribution is -2.51. The standard InChI is InChI=1S/C31H35FN6O4/c1-5-7-20(6-2)21-8-9-26-23(14-21)24(19(3)39)17-36(26)18-29(40)38-16-22(32)15-27(38)30(41)33-25-10-13-37(31(25)42)28-11-12-35(4)34-28/h5-9,11-12,14,17,22,25,27H,10,13,15-16,18H2,1-4H3,(H,33,41)/t22-,25?,27+/m1/s1. The van der Waals surface area contributed by atoms with E-state index >= 15 is 0 Å². The number of carbonyl (C=O) groups excluding carboxylic acids is 4. The van der Waals surface area contributed by atoms with Crippen LogP contribution in [0.15, 0.2) is 54.9 Å². The molecule has 2 aliphatic heterocycles. The molecule has 1 N–H and O–H groups in total. The highest BCUT2D eigenvalue weighted by molar-refractivity contribution is 6.08. The molecule has 5 rings (SSSR count). The summed E-state index contributed by atoms with van der Waals surface area (Å²) in [5.74, 6) is -0.929. The fourth-order valence-electron chi connectivity index (χ4n) is 5.83. The van der Waals surface area contributed by atoms with Crippen LogP contribution in [-0.4, -0.2) is 74.1 Å². The Kier molecular flexibility index (Phi) is 8.11. The number of amides is 3. The number of fused-ring (bicyclic) bond motifs is 1. The molecule has 3 atom stereocenters. The van der Waals surface area contributed by atoms with Crippen molar-refractivity contribution in [1.29, 1.82) is 0 Å². The Morgan fingerprint density at radius 3 is 2.64 bits per heavy atom. The number of carbonyl (C=O) groups is 4. The molecule has 42 heavy (non-hydrogen) atoms. The van der Waals surface area contributed by atoms with Crippen LogP contribution in [0.25, 0.3) is 16.5 Å². The van der Waals surface area contributed by atoms with E-state index in [1.807, 2.05) is 50.3 Å². The third-order valence-corrected chi connectivity index (χ3v) is 7.93. The highest BCUT2D eigenvalue weighted by Gasteiger charge is 2.42. The molecule has 2 fully saturated rings. The minimum Gasteiger partial charge on any atom is -0.342 e. The Bertz CT molecular complexity index is 1620. The fraction of sp³-hybridized carbons (Fsp3) is 0.387. The minimum absolute atomic E-state index is 0.139. The molecule has 1 unspecified atom stereocenters. The molecule has 4 heterocycles. The highest BCUT2D eigenvalue weighted by Crippen LogP contribution is 2.29. The van der Waals surface area contributed by atoms with Gasteiger partial charge >= 0.3 is 0 Å². The molecule has 10 nitrogen and oxygen atoms in total. The topological polar surface area (TPSA) is 110 Å². The van der Waals surface area contributed by atoms with Gasteiger partial charge in [0.25, 0.3) is 5.91 Å². The molecule has 2 aliphatic rings. The summed E-state index contributed by atoms with van der Waals surface area (Å²) >= 11 is 0. The van der Waals surface area contributed by atoms with Crippen LogP contribution >= 0.6 is 0 Å². The second-order valence-electron chi connectivity index (χ2n) is 10.8. The number of alkyl halides is 1. The number of hydrogen-bond acceptors (Lipinski definition) is 5. The molecule has 11 heteroatoms. The van der Waals surface area contributed by atoms with Crippen LogP contribution in [0.5, 0.6) is 0 Å². The molecule has 220 valence electrons. The summed E-state index contributed by atoms with van der Waals surface area (Å²) in [6.45, 7) is 5.36. The SMILES string of the molecule is CC=CC(=CC)c1ccc2c(c1)c(C(C)=O)cn2CC(=O)N1C[C@H](F)C[C@H]1C(=O)NC1CCN(c2ccn(C)n2)C1=O. The number of anilines is 1. The number of hydrogen-bond donors (Lipinski definition) is 1. The highest BCUT2D eigenvalue weighted by atomic mass is 19.1. The van der Waals surface area contributed by atoms with Gasteiger partial charge in [-0.3, -0.25) is 28.8 Å². The second kappa shape index (κ2) is 11.8. The summed E-state index contributed by atoms with van der Waals surface area (Å²) in [5, 5.41) is 7.71. The first kappa shape index (κ1) is 29.0. The van der Waals surface area contributed by atoms with Crippen molar-refractivity contribution in [3.63, 3.8) is 0 Å². The van der Waals surface area contributed by atoms with Crippen molar-refractivity contribution in [3.8, 4) is 0 Å². The van der Waals surface area contributed by atoms with Crippen molar-refractivity contribution in [2.75, 3.05) is 18.0 Å². The average molecular weight is 575 g/mol. The molecule has 2 aromatic heterocycles. The summed E-state index contributed by atoms with van der Waals surface area (Å²) in [6.07, 6.45) is 8.15. The molecule has 3 aromatic rings. The number of nitrogens with zero attached hydrogens (tertiary/aromatic N) is 5. The van der Waals surface area contributed by atoms with Crippen LogP contribution in [-0.2, 0) is 28.0 Å². The average Bonchev–Trinajstić information content (AvgIpc) is 3.73. The van der Waals surface area contributed by atoms with Gasteiger partial charge in [0, 0.05) is 54.9 Å². The van der Waals surface area contributed by atoms with Gasteiger partial charge in [0.15, 0.2) is 11.6 Å². The fourth-order valence-corrected chi connectivity index (χ4v) is 5.83. The maximum atomic E-state index is 14.6. The first-order valence-corrected chi connectivity index (χ1v) is 14.1. The lowest BCUT2D eigenvalue weighted by Gasteiger charge is -2.25. The number of allylic oxidation sites excluding steroid dienone is 4. The van der Waals surface area contributed by atoms with Gasteiger partial charge in [-0.15, -0.1) is 0 Å². The molecule has 1 aromatic carbocycles. The Hall–Kier alpha value is -4.54. The lowest BCUT2D eigenvalue weighted by atomic mass is 10.0. The summed E-state index contributed by atoms with van der Waals surface area (Å²) < 4.78 is 17.9. The molecular weight excluding hydrogens is 539 g/mol. The maximum absolute atomic E-state index is 14.6. The number of aryl methyl sites for hydroxylation is 1. The Labute approximate surface area is 243 Å². The van der Waals surface area contributed by atoms with Crippen molar-refractivity contribution in [3.05, 3.63) is 66.0 Å². The van der Waals surface area contributed by atoms with Crippen LogP contribution in [0, 0.1) is 0 Å². The van der Waals surface area contributed by atoms with Crippen molar-refractivity contribution in [1.82, 2.24) is 24.6 Å². The predicted octanol–water partition coefficient (Wildman–Crippen LogP) is 3.42. The van der Waals surface area contributed by atoms with Crippen molar-refractivity contribution in [2.45, 2.75) is 58.4 Å². The molecule has 0 radical (unpaired) electrons. The van der Waals surface area contributed by atoms with E-state index in [0.717, 1.165) is 11.1 Å². The smallest absolute Gasteiger partial charge is 0.250 e. The first-order valence-electron chi connectivity index (χ1n) is 14.1. The first-order chi connectivity index (χ1) is 20.1.